The first-order valence-electron chi connectivity index (χ1n) is 8.60. The number of fused-ring (bicyclic) bond motifs is 1. The minimum Gasteiger partial charge on any atom is -0.444 e. The molecule has 1 atom stereocenters. The normalized spacial score (nSPS) is 18.2. The first kappa shape index (κ1) is 18.0. The van der Waals surface area contributed by atoms with Crippen LogP contribution in [0.25, 0.3) is 10.9 Å². The van der Waals surface area contributed by atoms with E-state index < -0.39 is 5.60 Å². The van der Waals surface area contributed by atoms with Gasteiger partial charge in [0.2, 0.25) is 0 Å². The fourth-order valence-electron chi connectivity index (χ4n) is 3.17. The van der Waals surface area contributed by atoms with Gasteiger partial charge in [0, 0.05) is 40.9 Å². The van der Waals surface area contributed by atoms with Gasteiger partial charge in [-0.1, -0.05) is 15.9 Å². The number of pyridine rings is 1. The minimum absolute atomic E-state index is 0.0824. The SMILES string of the molecule is CC(C)(C)OC(=O)NC1CCCN(c2ccnc3ccc(Br)cc23)C1. The van der Waals surface area contributed by atoms with Gasteiger partial charge in [-0.25, -0.2) is 4.79 Å². The number of nitrogens with one attached hydrogen (secondary N) is 1. The second kappa shape index (κ2) is 7.20. The molecular weight excluding hydrogens is 382 g/mol. The first-order valence-corrected chi connectivity index (χ1v) is 9.40. The molecule has 1 amide bonds. The minimum atomic E-state index is -0.480. The molecule has 0 bridgehead atoms. The highest BCUT2D eigenvalue weighted by Crippen LogP contribution is 2.30. The molecule has 1 saturated heterocycles. The van der Waals surface area contributed by atoms with Crippen molar-refractivity contribution in [2.45, 2.75) is 45.3 Å². The number of amides is 1. The maximum Gasteiger partial charge on any atom is 0.407 e. The van der Waals surface area contributed by atoms with E-state index in [0.29, 0.717) is 0 Å². The molecule has 1 N–H and O–H groups in total. The summed E-state index contributed by atoms with van der Waals surface area (Å²) in [7, 11) is 0. The van der Waals surface area contributed by atoms with E-state index in [1.54, 1.807) is 0 Å². The number of hydrogen-bond acceptors (Lipinski definition) is 4. The molecule has 0 saturated carbocycles. The van der Waals surface area contributed by atoms with Crippen molar-refractivity contribution in [3.63, 3.8) is 0 Å². The Morgan fingerprint density at radius 1 is 1.36 bits per heavy atom. The first-order chi connectivity index (χ1) is 11.8. The van der Waals surface area contributed by atoms with Crippen LogP contribution in [0.3, 0.4) is 0 Å². The summed E-state index contributed by atoms with van der Waals surface area (Å²) < 4.78 is 6.42. The molecule has 6 heteroatoms. The van der Waals surface area contributed by atoms with Gasteiger partial charge in [0.1, 0.15) is 5.60 Å². The van der Waals surface area contributed by atoms with Gasteiger partial charge in [0.15, 0.2) is 0 Å². The molecule has 5 nitrogen and oxygen atoms in total. The van der Waals surface area contributed by atoms with E-state index in [2.05, 4.69) is 37.2 Å². The van der Waals surface area contributed by atoms with Crippen molar-refractivity contribution in [2.24, 2.45) is 0 Å². The Morgan fingerprint density at radius 3 is 2.92 bits per heavy atom. The lowest BCUT2D eigenvalue weighted by molar-refractivity contribution is 0.0500. The molecular formula is C19H24BrN3O2. The fraction of sp³-hybridized carbons (Fsp3) is 0.474. The van der Waals surface area contributed by atoms with Crippen molar-refractivity contribution >= 4 is 38.6 Å². The van der Waals surface area contributed by atoms with Gasteiger partial charge in [-0.05, 0) is 57.9 Å². The van der Waals surface area contributed by atoms with Gasteiger partial charge < -0.3 is 15.0 Å². The molecule has 2 aromatic rings. The third-order valence-corrected chi connectivity index (χ3v) is 4.66. The molecule has 0 spiro atoms. The van der Waals surface area contributed by atoms with Gasteiger partial charge in [0.25, 0.3) is 0 Å². The summed E-state index contributed by atoms with van der Waals surface area (Å²) in [4.78, 5) is 18.8. The Hall–Kier alpha value is -1.82. The number of carbonyl (C=O) groups excluding carboxylic acids is 1. The number of benzene rings is 1. The molecule has 0 radical (unpaired) electrons. The maximum atomic E-state index is 12.1. The largest absolute Gasteiger partial charge is 0.444 e. The van der Waals surface area contributed by atoms with Crippen LogP contribution in [0.15, 0.2) is 34.9 Å². The van der Waals surface area contributed by atoms with Crippen molar-refractivity contribution in [1.29, 1.82) is 0 Å². The van der Waals surface area contributed by atoms with Crippen LogP contribution in [-0.2, 0) is 4.74 Å². The molecule has 25 heavy (non-hydrogen) atoms. The van der Waals surface area contributed by atoms with Crippen molar-refractivity contribution in [1.82, 2.24) is 10.3 Å². The zero-order chi connectivity index (χ0) is 18.0. The number of ether oxygens (including phenoxy) is 1. The lowest BCUT2D eigenvalue weighted by atomic mass is 10.0. The summed E-state index contributed by atoms with van der Waals surface area (Å²) >= 11 is 3.54. The average Bonchev–Trinajstić information content (AvgIpc) is 2.52. The highest BCUT2D eigenvalue weighted by atomic mass is 79.9. The van der Waals surface area contributed by atoms with Crippen LogP contribution in [-0.4, -0.2) is 35.8 Å². The van der Waals surface area contributed by atoms with E-state index in [9.17, 15) is 4.79 Å². The van der Waals surface area contributed by atoms with E-state index in [1.807, 2.05) is 45.2 Å². The topological polar surface area (TPSA) is 54.5 Å². The van der Waals surface area contributed by atoms with Crippen molar-refractivity contribution in [3.05, 3.63) is 34.9 Å². The monoisotopic (exact) mass is 405 g/mol. The Morgan fingerprint density at radius 2 is 2.16 bits per heavy atom. The number of halogens is 1. The molecule has 134 valence electrons. The van der Waals surface area contributed by atoms with E-state index >= 15 is 0 Å². The van der Waals surface area contributed by atoms with Gasteiger partial charge >= 0.3 is 6.09 Å². The van der Waals surface area contributed by atoms with Crippen LogP contribution in [0.4, 0.5) is 10.5 Å². The highest BCUT2D eigenvalue weighted by Gasteiger charge is 2.25. The summed E-state index contributed by atoms with van der Waals surface area (Å²) in [5.74, 6) is 0. The molecule has 1 aliphatic heterocycles. The zero-order valence-electron chi connectivity index (χ0n) is 14.9. The lowest BCUT2D eigenvalue weighted by Gasteiger charge is -2.35. The third-order valence-electron chi connectivity index (χ3n) is 4.16. The van der Waals surface area contributed by atoms with Gasteiger partial charge in [-0.2, -0.15) is 0 Å². The van der Waals surface area contributed by atoms with Crippen LogP contribution in [0.2, 0.25) is 0 Å². The number of nitrogens with zero attached hydrogens (tertiary/aromatic N) is 2. The Kier molecular flexibility index (Phi) is 5.18. The van der Waals surface area contributed by atoms with Crippen molar-refractivity contribution in [2.75, 3.05) is 18.0 Å². The predicted molar refractivity (Wildman–Crippen MR) is 104 cm³/mol. The summed E-state index contributed by atoms with van der Waals surface area (Å²) in [5, 5.41) is 4.13. The van der Waals surface area contributed by atoms with Crippen LogP contribution >= 0.6 is 15.9 Å². The number of anilines is 1. The Labute approximate surface area is 156 Å². The highest BCUT2D eigenvalue weighted by molar-refractivity contribution is 9.10. The summed E-state index contributed by atoms with van der Waals surface area (Å²) in [5.41, 5.74) is 1.65. The molecule has 0 aliphatic carbocycles. The average molecular weight is 406 g/mol. The lowest BCUT2D eigenvalue weighted by Crippen LogP contribution is -2.49. The number of hydrogen-bond donors (Lipinski definition) is 1. The van der Waals surface area contributed by atoms with Gasteiger partial charge in [-0.3, -0.25) is 4.98 Å². The van der Waals surface area contributed by atoms with Gasteiger partial charge in [-0.15, -0.1) is 0 Å². The Bertz CT molecular complexity index is 773. The second-order valence-corrected chi connectivity index (χ2v) is 8.34. The van der Waals surface area contributed by atoms with Crippen molar-refractivity contribution in [3.8, 4) is 0 Å². The van der Waals surface area contributed by atoms with E-state index in [4.69, 9.17) is 4.74 Å². The molecule has 3 rings (SSSR count). The predicted octanol–water partition coefficient (Wildman–Crippen LogP) is 4.49. The smallest absolute Gasteiger partial charge is 0.407 e. The number of carbonyl (C=O) groups is 1. The molecule has 1 unspecified atom stereocenters. The quantitative estimate of drug-likeness (QED) is 0.799. The summed E-state index contributed by atoms with van der Waals surface area (Å²) in [6, 6.07) is 8.25. The van der Waals surface area contributed by atoms with Crippen LogP contribution in [0.5, 0.6) is 0 Å². The molecule has 1 aromatic carbocycles. The number of rotatable bonds is 2. The second-order valence-electron chi connectivity index (χ2n) is 7.42. The molecule has 1 fully saturated rings. The fourth-order valence-corrected chi connectivity index (χ4v) is 3.53. The standard InChI is InChI=1S/C19H24BrN3O2/c1-19(2,3)25-18(24)22-14-5-4-10-23(12-14)17-8-9-21-16-7-6-13(20)11-15(16)17/h6-9,11,14H,4-5,10,12H2,1-3H3,(H,22,24). The van der Waals surface area contributed by atoms with E-state index in [1.165, 1.54) is 0 Å². The molecule has 1 aliphatic rings. The molecule has 1 aromatic heterocycles. The van der Waals surface area contributed by atoms with Crippen LogP contribution in [0, 0.1) is 0 Å². The number of piperidine rings is 1. The number of aromatic nitrogens is 1. The van der Waals surface area contributed by atoms with E-state index in [-0.39, 0.29) is 12.1 Å². The van der Waals surface area contributed by atoms with Gasteiger partial charge in [0.05, 0.1) is 5.52 Å². The van der Waals surface area contributed by atoms with Crippen molar-refractivity contribution < 1.29 is 9.53 Å². The molecule has 2 heterocycles. The van der Waals surface area contributed by atoms with E-state index in [0.717, 1.165) is 47.0 Å². The van der Waals surface area contributed by atoms with Crippen LogP contribution in [0.1, 0.15) is 33.6 Å². The number of alkyl carbamates (subject to hydrolysis) is 1. The van der Waals surface area contributed by atoms with Crippen LogP contribution < -0.4 is 10.2 Å². The zero-order valence-corrected chi connectivity index (χ0v) is 16.5. The summed E-state index contributed by atoms with van der Waals surface area (Å²) in [6.07, 6.45) is 3.48. The maximum absolute atomic E-state index is 12.1. The summed E-state index contributed by atoms with van der Waals surface area (Å²) in [6.45, 7) is 7.37. The Balaban J connectivity index is 1.76. The third kappa shape index (κ3) is 4.63.